The topological polar surface area (TPSA) is 53.6 Å². The lowest BCUT2D eigenvalue weighted by atomic mass is 9.92. The number of amides is 1. The van der Waals surface area contributed by atoms with E-state index in [2.05, 4.69) is 41.6 Å². The molecule has 2 atom stereocenters. The molecule has 1 aromatic rings. The minimum absolute atomic E-state index is 0.00534. The Labute approximate surface area is 159 Å². The molecule has 1 fully saturated rings. The van der Waals surface area contributed by atoms with Gasteiger partial charge in [-0.1, -0.05) is 11.8 Å². The summed E-state index contributed by atoms with van der Waals surface area (Å²) in [7, 11) is 3.84. The van der Waals surface area contributed by atoms with Gasteiger partial charge in [-0.25, -0.2) is 0 Å². The van der Waals surface area contributed by atoms with Crippen LogP contribution < -0.4 is 20.3 Å². The first kappa shape index (κ1) is 17.6. The Balaban J connectivity index is 1.69. The van der Waals surface area contributed by atoms with Crippen LogP contribution in [0.1, 0.15) is 43.7 Å². The van der Waals surface area contributed by atoms with Crippen LogP contribution >= 0.6 is 11.8 Å². The second-order valence-corrected chi connectivity index (χ2v) is 8.39. The number of anilines is 1. The zero-order valence-corrected chi connectivity index (χ0v) is 16.5. The van der Waals surface area contributed by atoms with Gasteiger partial charge in [0.15, 0.2) is 5.37 Å². The zero-order valence-electron chi connectivity index (χ0n) is 15.7. The molecule has 140 valence electrons. The van der Waals surface area contributed by atoms with Crippen molar-refractivity contribution in [2.24, 2.45) is 0 Å². The Morgan fingerprint density at radius 3 is 2.85 bits per heavy atom. The Hall–Kier alpha value is -1.82. The van der Waals surface area contributed by atoms with Crippen LogP contribution in [0, 0.1) is 0 Å². The van der Waals surface area contributed by atoms with Crippen LogP contribution in [-0.2, 0) is 11.2 Å². The van der Waals surface area contributed by atoms with Crippen LogP contribution in [0.5, 0.6) is 5.75 Å². The van der Waals surface area contributed by atoms with E-state index in [-0.39, 0.29) is 11.3 Å². The number of nitrogens with one attached hydrogen (secondary N) is 2. The first-order chi connectivity index (χ1) is 12.6. The number of benzene rings is 1. The minimum Gasteiger partial charge on any atom is -0.489 e. The van der Waals surface area contributed by atoms with Gasteiger partial charge in [-0.05, 0) is 56.6 Å². The van der Waals surface area contributed by atoms with Crippen molar-refractivity contribution in [2.45, 2.75) is 56.5 Å². The van der Waals surface area contributed by atoms with Gasteiger partial charge in [-0.15, -0.1) is 0 Å². The third kappa shape index (κ3) is 3.04. The van der Waals surface area contributed by atoms with Gasteiger partial charge in [-0.3, -0.25) is 4.79 Å². The molecular weight excluding hydrogens is 346 g/mol. The normalized spacial score (nSPS) is 25.0. The third-order valence-corrected chi connectivity index (χ3v) is 6.78. The number of likely N-dealkylation sites (N-methyl/N-ethyl adjacent to an activating group) is 1. The highest BCUT2D eigenvalue weighted by Crippen LogP contribution is 2.43. The Morgan fingerprint density at radius 1 is 1.35 bits per heavy atom. The largest absolute Gasteiger partial charge is 0.489 e. The second kappa shape index (κ2) is 7.06. The number of thioether (sulfide) groups is 1. The summed E-state index contributed by atoms with van der Waals surface area (Å²) >= 11 is 1.51. The number of hydrogen-bond acceptors (Lipinski definition) is 5. The van der Waals surface area contributed by atoms with Crippen molar-refractivity contribution in [3.8, 4) is 5.75 Å². The predicted molar refractivity (Wildman–Crippen MR) is 107 cm³/mol. The number of fused-ring (bicyclic) bond motifs is 1. The van der Waals surface area contributed by atoms with E-state index in [4.69, 9.17) is 4.74 Å². The molecule has 1 amide bonds. The van der Waals surface area contributed by atoms with Crippen molar-refractivity contribution in [3.63, 3.8) is 0 Å². The van der Waals surface area contributed by atoms with Gasteiger partial charge in [0.05, 0.1) is 11.8 Å². The molecule has 0 radical (unpaired) electrons. The summed E-state index contributed by atoms with van der Waals surface area (Å²) in [5.41, 5.74) is 4.65. The molecule has 0 saturated heterocycles. The first-order valence-electron chi connectivity index (χ1n) is 9.48. The van der Waals surface area contributed by atoms with E-state index in [9.17, 15) is 4.79 Å². The first-order valence-corrected chi connectivity index (χ1v) is 10.4. The number of hydrogen-bond donors (Lipinski definition) is 2. The Bertz CT molecular complexity index is 745. The van der Waals surface area contributed by atoms with Crippen LogP contribution in [0.25, 0.3) is 5.70 Å². The molecule has 1 aromatic carbocycles. The van der Waals surface area contributed by atoms with E-state index >= 15 is 0 Å². The third-order valence-electron chi connectivity index (χ3n) is 5.81. The Kier molecular flexibility index (Phi) is 4.78. The molecule has 0 aromatic heterocycles. The standard InChI is InChI=1S/C20H27N3O2S/c1-12-7-8-15-17(23(12)3)10-9-14(18(15)25-13-5-4-6-13)16-11-26-20(22-16)19(24)21-2/h9-13,20,22H,4-8H2,1-3H3,(H,21,24). The fourth-order valence-corrected chi connectivity index (χ4v) is 4.62. The van der Waals surface area contributed by atoms with E-state index in [1.165, 1.54) is 29.4 Å². The summed E-state index contributed by atoms with van der Waals surface area (Å²) in [6.07, 6.45) is 6.02. The molecule has 3 aliphatic rings. The smallest absolute Gasteiger partial charge is 0.253 e. The minimum atomic E-state index is -0.273. The molecule has 0 spiro atoms. The van der Waals surface area contributed by atoms with Crippen molar-refractivity contribution in [1.82, 2.24) is 10.6 Å². The summed E-state index contributed by atoms with van der Waals surface area (Å²) in [6.45, 7) is 2.27. The average molecular weight is 374 g/mol. The van der Waals surface area contributed by atoms with E-state index in [0.717, 1.165) is 42.7 Å². The van der Waals surface area contributed by atoms with Crippen LogP contribution in [-0.4, -0.2) is 37.5 Å². The van der Waals surface area contributed by atoms with Crippen LogP contribution in [0.3, 0.4) is 0 Å². The van der Waals surface area contributed by atoms with E-state index in [0.29, 0.717) is 12.1 Å². The number of carbonyl (C=O) groups is 1. The number of rotatable bonds is 4. The zero-order chi connectivity index (χ0) is 18.3. The predicted octanol–water partition coefficient (Wildman–Crippen LogP) is 3.10. The van der Waals surface area contributed by atoms with Gasteiger partial charge in [0.2, 0.25) is 0 Å². The molecule has 26 heavy (non-hydrogen) atoms. The maximum atomic E-state index is 12.0. The van der Waals surface area contributed by atoms with Gasteiger partial charge >= 0.3 is 0 Å². The van der Waals surface area contributed by atoms with E-state index < -0.39 is 0 Å². The molecule has 0 bridgehead atoms. The second-order valence-electron chi connectivity index (χ2n) is 7.42. The summed E-state index contributed by atoms with van der Waals surface area (Å²) in [4.78, 5) is 14.3. The number of nitrogens with zero attached hydrogens (tertiary/aromatic N) is 1. The van der Waals surface area contributed by atoms with Crippen molar-refractivity contribution in [1.29, 1.82) is 0 Å². The maximum Gasteiger partial charge on any atom is 0.253 e. The van der Waals surface area contributed by atoms with Crippen LogP contribution in [0.2, 0.25) is 0 Å². The van der Waals surface area contributed by atoms with Crippen LogP contribution in [0.4, 0.5) is 5.69 Å². The fourth-order valence-electron chi connectivity index (χ4n) is 3.72. The van der Waals surface area contributed by atoms with Crippen molar-refractivity contribution >= 4 is 29.1 Å². The average Bonchev–Trinajstić information content (AvgIpc) is 3.10. The summed E-state index contributed by atoms with van der Waals surface area (Å²) in [5.74, 6) is 1.01. The highest BCUT2D eigenvalue weighted by Gasteiger charge is 2.31. The molecule has 5 nitrogen and oxygen atoms in total. The molecule has 2 heterocycles. The van der Waals surface area contributed by atoms with Gasteiger partial charge in [-0.2, -0.15) is 0 Å². The maximum absolute atomic E-state index is 12.0. The van der Waals surface area contributed by atoms with Crippen molar-refractivity contribution in [3.05, 3.63) is 28.7 Å². The molecule has 2 unspecified atom stereocenters. The lowest BCUT2D eigenvalue weighted by Gasteiger charge is -2.37. The van der Waals surface area contributed by atoms with Gasteiger partial charge < -0.3 is 20.3 Å². The van der Waals surface area contributed by atoms with Crippen molar-refractivity contribution < 1.29 is 9.53 Å². The van der Waals surface area contributed by atoms with Gasteiger partial charge in [0.25, 0.3) is 5.91 Å². The van der Waals surface area contributed by atoms with Gasteiger partial charge in [0.1, 0.15) is 5.75 Å². The van der Waals surface area contributed by atoms with Crippen molar-refractivity contribution in [2.75, 3.05) is 19.0 Å². The molecule has 1 aliphatic carbocycles. The lowest BCUT2D eigenvalue weighted by Crippen LogP contribution is -2.37. The van der Waals surface area contributed by atoms with Gasteiger partial charge in [0, 0.05) is 37.0 Å². The van der Waals surface area contributed by atoms with Crippen LogP contribution in [0.15, 0.2) is 17.5 Å². The fraction of sp³-hybridized carbons (Fsp3) is 0.550. The monoisotopic (exact) mass is 373 g/mol. The molecule has 6 heteroatoms. The molecule has 4 rings (SSSR count). The molecular formula is C20H27N3O2S. The highest BCUT2D eigenvalue weighted by molar-refractivity contribution is 8.03. The molecule has 2 N–H and O–H groups in total. The van der Waals surface area contributed by atoms with E-state index in [1.54, 1.807) is 7.05 Å². The molecule has 2 aliphatic heterocycles. The Morgan fingerprint density at radius 2 is 2.15 bits per heavy atom. The number of ether oxygens (including phenoxy) is 1. The molecule has 1 saturated carbocycles. The summed E-state index contributed by atoms with van der Waals surface area (Å²) in [6, 6.07) is 4.89. The summed E-state index contributed by atoms with van der Waals surface area (Å²) in [5, 5.41) is 7.84. The highest BCUT2D eigenvalue weighted by atomic mass is 32.2. The quantitative estimate of drug-likeness (QED) is 0.849. The summed E-state index contributed by atoms with van der Waals surface area (Å²) < 4.78 is 6.48. The van der Waals surface area contributed by atoms with E-state index in [1.807, 2.05) is 5.41 Å². The lowest BCUT2D eigenvalue weighted by molar-refractivity contribution is -0.120. The SMILES string of the molecule is CNC(=O)C1NC(c2ccc3c(c2OC2CCC2)CCC(C)N3C)=CS1. The number of carbonyl (C=O) groups excluding carboxylic acids is 1.